The maximum atomic E-state index is 12.3. The minimum absolute atomic E-state index is 0.0861. The van der Waals surface area contributed by atoms with Crippen LogP contribution in [0.4, 0.5) is 0 Å². The maximum absolute atomic E-state index is 12.3. The van der Waals surface area contributed by atoms with Crippen LogP contribution in [0.25, 0.3) is 0 Å². The Kier molecular flexibility index (Phi) is 4.94. The molecule has 0 radical (unpaired) electrons. The lowest BCUT2D eigenvalue weighted by Gasteiger charge is -2.34. The predicted molar refractivity (Wildman–Crippen MR) is 78.3 cm³/mol. The Bertz CT molecular complexity index is 569. The van der Waals surface area contributed by atoms with Gasteiger partial charge in [-0.1, -0.05) is 29.8 Å². The Morgan fingerprint density at radius 2 is 1.76 bits per heavy atom. The third kappa shape index (κ3) is 4.06. The molecular formula is C16H19N3O2. The third-order valence-electron chi connectivity index (χ3n) is 3.65. The van der Waals surface area contributed by atoms with Gasteiger partial charge in [0, 0.05) is 26.2 Å². The number of nitriles is 1. The number of piperazine rings is 1. The molecule has 1 aromatic rings. The van der Waals surface area contributed by atoms with Crippen LogP contribution >= 0.6 is 0 Å². The van der Waals surface area contributed by atoms with Gasteiger partial charge in [0.25, 0.3) is 0 Å². The average Bonchev–Trinajstić information content (AvgIpc) is 2.47. The predicted octanol–water partition coefficient (Wildman–Crippen LogP) is 1.12. The van der Waals surface area contributed by atoms with Gasteiger partial charge in [0.15, 0.2) is 0 Å². The molecule has 21 heavy (non-hydrogen) atoms. The molecule has 1 saturated heterocycles. The van der Waals surface area contributed by atoms with Gasteiger partial charge in [-0.3, -0.25) is 9.59 Å². The summed E-state index contributed by atoms with van der Waals surface area (Å²) in [5, 5.41) is 8.53. The van der Waals surface area contributed by atoms with Crippen molar-refractivity contribution in [3.8, 4) is 6.07 Å². The number of carbonyl (C=O) groups is 2. The van der Waals surface area contributed by atoms with E-state index in [-0.39, 0.29) is 18.2 Å². The molecule has 110 valence electrons. The van der Waals surface area contributed by atoms with Gasteiger partial charge in [0.1, 0.15) is 6.42 Å². The fraction of sp³-hybridized carbons (Fsp3) is 0.438. The molecule has 5 heteroatoms. The van der Waals surface area contributed by atoms with E-state index < -0.39 is 0 Å². The molecule has 0 spiro atoms. The molecule has 0 unspecified atom stereocenters. The Morgan fingerprint density at radius 3 is 2.33 bits per heavy atom. The van der Waals surface area contributed by atoms with Crippen molar-refractivity contribution in [1.82, 2.24) is 9.80 Å². The normalized spacial score (nSPS) is 14.7. The van der Waals surface area contributed by atoms with Gasteiger partial charge >= 0.3 is 0 Å². The first kappa shape index (κ1) is 15.0. The molecule has 1 aromatic carbocycles. The van der Waals surface area contributed by atoms with Crippen LogP contribution in [0, 0.1) is 18.3 Å². The summed E-state index contributed by atoms with van der Waals surface area (Å²) in [5.74, 6) is -0.0590. The number of aryl methyl sites for hydroxylation is 1. The minimum Gasteiger partial charge on any atom is -0.339 e. The molecule has 1 fully saturated rings. The molecule has 2 rings (SSSR count). The molecule has 2 amide bonds. The lowest BCUT2D eigenvalue weighted by molar-refractivity contribution is -0.138. The summed E-state index contributed by atoms with van der Waals surface area (Å²) in [6.07, 6.45) is 0.311. The zero-order chi connectivity index (χ0) is 15.2. The molecule has 0 aliphatic carbocycles. The number of amides is 2. The summed E-state index contributed by atoms with van der Waals surface area (Å²) in [4.78, 5) is 27.3. The molecule has 1 aliphatic rings. The fourth-order valence-corrected chi connectivity index (χ4v) is 2.49. The first-order valence-electron chi connectivity index (χ1n) is 7.08. The van der Waals surface area contributed by atoms with E-state index in [0.29, 0.717) is 32.6 Å². The van der Waals surface area contributed by atoms with Crippen LogP contribution in [0.2, 0.25) is 0 Å². The Labute approximate surface area is 124 Å². The van der Waals surface area contributed by atoms with Crippen LogP contribution in [0.15, 0.2) is 24.3 Å². The molecule has 5 nitrogen and oxygen atoms in total. The highest BCUT2D eigenvalue weighted by atomic mass is 16.2. The maximum Gasteiger partial charge on any atom is 0.236 e. The summed E-state index contributed by atoms with van der Waals surface area (Å²) in [5.41, 5.74) is 2.16. The van der Waals surface area contributed by atoms with E-state index in [0.717, 1.165) is 11.1 Å². The van der Waals surface area contributed by atoms with Crippen LogP contribution in [0.1, 0.15) is 17.5 Å². The summed E-state index contributed by atoms with van der Waals surface area (Å²) in [7, 11) is 0. The molecule has 1 aliphatic heterocycles. The van der Waals surface area contributed by atoms with Gasteiger partial charge < -0.3 is 9.80 Å². The second kappa shape index (κ2) is 6.89. The van der Waals surface area contributed by atoms with Crippen LogP contribution < -0.4 is 0 Å². The number of rotatable bonds is 3. The quantitative estimate of drug-likeness (QED) is 0.836. The highest BCUT2D eigenvalue weighted by Crippen LogP contribution is 2.09. The van der Waals surface area contributed by atoms with Crippen molar-refractivity contribution >= 4 is 11.8 Å². The van der Waals surface area contributed by atoms with Crippen molar-refractivity contribution in [2.24, 2.45) is 0 Å². The highest BCUT2D eigenvalue weighted by molar-refractivity contribution is 5.80. The Balaban J connectivity index is 1.86. The Morgan fingerprint density at radius 1 is 1.14 bits per heavy atom. The second-order valence-electron chi connectivity index (χ2n) is 5.26. The topological polar surface area (TPSA) is 64.4 Å². The Hall–Kier alpha value is -2.35. The van der Waals surface area contributed by atoms with Crippen LogP contribution in [0.3, 0.4) is 0 Å². The smallest absolute Gasteiger partial charge is 0.236 e. The first-order chi connectivity index (χ1) is 10.1. The van der Waals surface area contributed by atoms with Gasteiger partial charge in [0.2, 0.25) is 11.8 Å². The van der Waals surface area contributed by atoms with Gasteiger partial charge in [0.05, 0.1) is 12.5 Å². The average molecular weight is 285 g/mol. The van der Waals surface area contributed by atoms with Crippen molar-refractivity contribution in [3.63, 3.8) is 0 Å². The number of benzene rings is 1. The summed E-state index contributed by atoms with van der Waals surface area (Å²) < 4.78 is 0. The second-order valence-corrected chi connectivity index (χ2v) is 5.26. The van der Waals surface area contributed by atoms with Crippen LogP contribution in [-0.2, 0) is 16.0 Å². The molecule has 0 bridgehead atoms. The largest absolute Gasteiger partial charge is 0.339 e. The van der Waals surface area contributed by atoms with Crippen molar-refractivity contribution in [3.05, 3.63) is 35.4 Å². The van der Waals surface area contributed by atoms with Gasteiger partial charge in [-0.2, -0.15) is 5.26 Å². The van der Waals surface area contributed by atoms with E-state index in [9.17, 15) is 9.59 Å². The summed E-state index contributed by atoms with van der Waals surface area (Å²) in [6, 6.07) is 9.80. The van der Waals surface area contributed by atoms with Gasteiger partial charge in [-0.15, -0.1) is 0 Å². The van der Waals surface area contributed by atoms with E-state index >= 15 is 0 Å². The van der Waals surface area contributed by atoms with Gasteiger partial charge in [-0.25, -0.2) is 0 Å². The van der Waals surface area contributed by atoms with Crippen molar-refractivity contribution in [1.29, 1.82) is 5.26 Å². The third-order valence-corrected chi connectivity index (χ3v) is 3.65. The van der Waals surface area contributed by atoms with E-state index in [2.05, 4.69) is 0 Å². The molecular weight excluding hydrogens is 266 g/mol. The number of carbonyl (C=O) groups excluding carboxylic acids is 2. The first-order valence-corrected chi connectivity index (χ1v) is 7.08. The monoisotopic (exact) mass is 285 g/mol. The van der Waals surface area contributed by atoms with Crippen LogP contribution in [0.5, 0.6) is 0 Å². The van der Waals surface area contributed by atoms with Crippen molar-refractivity contribution in [2.75, 3.05) is 26.2 Å². The zero-order valence-electron chi connectivity index (χ0n) is 12.2. The standard InChI is InChI=1S/C16H19N3O2/c1-13-3-2-4-14(11-13)12-16(21)19-9-7-18(8-10-19)15(20)5-6-17/h2-4,11H,5,7-10,12H2,1H3. The lowest BCUT2D eigenvalue weighted by Crippen LogP contribution is -2.50. The molecule has 0 N–H and O–H groups in total. The summed E-state index contributed by atoms with van der Waals surface area (Å²) in [6.45, 7) is 4.12. The number of nitrogens with zero attached hydrogens (tertiary/aromatic N) is 3. The fourth-order valence-electron chi connectivity index (χ4n) is 2.49. The van der Waals surface area contributed by atoms with E-state index in [4.69, 9.17) is 5.26 Å². The van der Waals surface area contributed by atoms with Crippen LogP contribution in [-0.4, -0.2) is 47.8 Å². The molecule has 1 heterocycles. The lowest BCUT2D eigenvalue weighted by atomic mass is 10.1. The number of hydrogen-bond acceptors (Lipinski definition) is 3. The summed E-state index contributed by atoms with van der Waals surface area (Å²) >= 11 is 0. The number of hydrogen-bond donors (Lipinski definition) is 0. The van der Waals surface area contributed by atoms with E-state index in [1.165, 1.54) is 0 Å². The molecule has 0 saturated carbocycles. The van der Waals surface area contributed by atoms with Gasteiger partial charge in [-0.05, 0) is 12.5 Å². The van der Waals surface area contributed by atoms with Crippen molar-refractivity contribution < 1.29 is 9.59 Å². The molecule has 0 atom stereocenters. The minimum atomic E-state index is -0.150. The zero-order valence-corrected chi connectivity index (χ0v) is 12.2. The molecule has 0 aromatic heterocycles. The highest BCUT2D eigenvalue weighted by Gasteiger charge is 2.23. The SMILES string of the molecule is Cc1cccc(CC(=O)N2CCN(C(=O)CC#N)CC2)c1. The van der Waals surface area contributed by atoms with E-state index in [1.54, 1.807) is 9.80 Å². The van der Waals surface area contributed by atoms with E-state index in [1.807, 2.05) is 37.3 Å². The van der Waals surface area contributed by atoms with Crippen molar-refractivity contribution in [2.45, 2.75) is 19.8 Å².